The van der Waals surface area contributed by atoms with Crippen molar-refractivity contribution in [2.24, 2.45) is 5.73 Å². The Morgan fingerprint density at radius 3 is 2.79 bits per heavy atom. The molecule has 3 atom stereocenters. The molecular weight excluding hydrogens is 437 g/mol. The first-order chi connectivity index (χ1) is 15.8. The van der Waals surface area contributed by atoms with Crippen molar-refractivity contribution >= 4 is 17.5 Å². The van der Waals surface area contributed by atoms with E-state index in [9.17, 15) is 23.1 Å². The zero-order valence-electron chi connectivity index (χ0n) is 17.9. The molecule has 2 aliphatic rings. The molecule has 4 heterocycles. The van der Waals surface area contributed by atoms with Crippen LogP contribution in [0.4, 0.5) is 23.8 Å². The Bertz CT molecular complexity index is 1250. The van der Waals surface area contributed by atoms with Gasteiger partial charge in [-0.3, -0.25) is 0 Å². The quantitative estimate of drug-likeness (QED) is 0.586. The van der Waals surface area contributed by atoms with E-state index in [1.807, 2.05) is 4.90 Å². The van der Waals surface area contributed by atoms with Crippen LogP contribution in [0.1, 0.15) is 48.0 Å². The van der Waals surface area contributed by atoms with Crippen molar-refractivity contribution in [3.8, 4) is 0 Å². The van der Waals surface area contributed by atoms with Crippen LogP contribution in [0.2, 0.25) is 0 Å². The number of fused-ring (bicyclic) bond motifs is 1. The van der Waals surface area contributed by atoms with Crippen molar-refractivity contribution < 1.29 is 23.1 Å². The lowest BCUT2D eigenvalue weighted by Gasteiger charge is -2.30. The Kier molecular flexibility index (Phi) is 5.15. The fraction of sp³-hybridized carbons (Fsp3) is 0.409. The van der Waals surface area contributed by atoms with Crippen molar-refractivity contribution in [3.63, 3.8) is 0 Å². The fourth-order valence-electron chi connectivity index (χ4n) is 5.13. The second-order valence-electron chi connectivity index (χ2n) is 8.57. The SMILES string of the molecule is Cc1c([C@H]2CCCN2c2nn3cccnc3c2C2CC(O)CN2C(N)=O)cc(F)c(F)c1F. The molecular formula is C22H23F3N6O2. The highest BCUT2D eigenvalue weighted by atomic mass is 19.2. The van der Waals surface area contributed by atoms with E-state index in [1.54, 1.807) is 23.0 Å². The number of likely N-dealkylation sites (tertiary alicyclic amines) is 1. The Balaban J connectivity index is 1.66. The third-order valence-electron chi connectivity index (χ3n) is 6.64. The Morgan fingerprint density at radius 2 is 2.03 bits per heavy atom. The number of carbonyl (C=O) groups is 1. The van der Waals surface area contributed by atoms with Gasteiger partial charge in [0.25, 0.3) is 0 Å². The first-order valence-electron chi connectivity index (χ1n) is 10.8. The van der Waals surface area contributed by atoms with E-state index in [-0.39, 0.29) is 18.5 Å². The van der Waals surface area contributed by atoms with Gasteiger partial charge in [0, 0.05) is 31.9 Å². The van der Waals surface area contributed by atoms with E-state index in [0.717, 1.165) is 12.5 Å². The van der Waals surface area contributed by atoms with Crippen molar-refractivity contribution in [2.75, 3.05) is 18.0 Å². The van der Waals surface area contributed by atoms with E-state index in [1.165, 1.54) is 11.8 Å². The molecule has 8 nitrogen and oxygen atoms in total. The zero-order valence-corrected chi connectivity index (χ0v) is 17.9. The molecule has 0 bridgehead atoms. The number of primary amides is 1. The van der Waals surface area contributed by atoms with E-state index >= 15 is 0 Å². The molecule has 0 aliphatic carbocycles. The maximum atomic E-state index is 14.4. The zero-order chi connectivity index (χ0) is 23.4. The predicted octanol–water partition coefficient (Wildman–Crippen LogP) is 2.98. The average Bonchev–Trinajstić information content (AvgIpc) is 3.50. The summed E-state index contributed by atoms with van der Waals surface area (Å²) in [5.41, 5.74) is 7.08. The van der Waals surface area contributed by atoms with E-state index in [2.05, 4.69) is 10.1 Å². The van der Waals surface area contributed by atoms with Crippen LogP contribution >= 0.6 is 0 Å². The molecule has 174 valence electrons. The van der Waals surface area contributed by atoms with Crippen LogP contribution in [0.25, 0.3) is 5.65 Å². The highest BCUT2D eigenvalue weighted by Gasteiger charge is 2.41. The number of aliphatic hydroxyl groups excluding tert-OH is 1. The molecule has 2 amide bonds. The summed E-state index contributed by atoms with van der Waals surface area (Å²) in [6.07, 6.45) is 4.11. The van der Waals surface area contributed by atoms with Gasteiger partial charge in [-0.25, -0.2) is 27.5 Å². The molecule has 3 aromatic rings. The number of hydrogen-bond donors (Lipinski definition) is 2. The van der Waals surface area contributed by atoms with Crippen LogP contribution in [0, 0.1) is 24.4 Å². The maximum Gasteiger partial charge on any atom is 0.315 e. The van der Waals surface area contributed by atoms with E-state index < -0.39 is 41.7 Å². The van der Waals surface area contributed by atoms with Crippen LogP contribution in [-0.4, -0.2) is 49.8 Å². The van der Waals surface area contributed by atoms with Gasteiger partial charge in [0.2, 0.25) is 0 Å². The van der Waals surface area contributed by atoms with Gasteiger partial charge in [-0.1, -0.05) is 0 Å². The lowest BCUT2D eigenvalue weighted by Crippen LogP contribution is -2.36. The molecule has 2 aromatic heterocycles. The summed E-state index contributed by atoms with van der Waals surface area (Å²) in [4.78, 5) is 19.8. The molecule has 3 N–H and O–H groups in total. The second-order valence-corrected chi connectivity index (χ2v) is 8.57. The van der Waals surface area contributed by atoms with Crippen LogP contribution in [0.3, 0.4) is 0 Å². The van der Waals surface area contributed by atoms with E-state index in [4.69, 9.17) is 5.73 Å². The van der Waals surface area contributed by atoms with Crippen LogP contribution in [0.15, 0.2) is 24.5 Å². The van der Waals surface area contributed by atoms with Gasteiger partial charge in [-0.15, -0.1) is 5.10 Å². The third-order valence-corrected chi connectivity index (χ3v) is 6.64. The van der Waals surface area contributed by atoms with Gasteiger partial charge >= 0.3 is 6.03 Å². The molecule has 0 radical (unpaired) electrons. The summed E-state index contributed by atoms with van der Waals surface area (Å²) in [6.45, 7) is 2.05. The molecule has 2 unspecified atom stereocenters. The number of benzene rings is 1. The van der Waals surface area contributed by atoms with Crippen molar-refractivity contribution in [3.05, 3.63) is 58.7 Å². The smallest absolute Gasteiger partial charge is 0.315 e. The van der Waals surface area contributed by atoms with Gasteiger partial charge in [0.15, 0.2) is 28.9 Å². The minimum absolute atomic E-state index is 0.0456. The number of amides is 2. The summed E-state index contributed by atoms with van der Waals surface area (Å²) in [6, 6.07) is 1.06. The van der Waals surface area contributed by atoms with Crippen LogP contribution < -0.4 is 10.6 Å². The highest BCUT2D eigenvalue weighted by molar-refractivity contribution is 5.75. The first-order valence-corrected chi connectivity index (χ1v) is 10.8. The number of hydrogen-bond acceptors (Lipinski definition) is 5. The molecule has 0 saturated carbocycles. The Morgan fingerprint density at radius 1 is 1.24 bits per heavy atom. The summed E-state index contributed by atoms with van der Waals surface area (Å²) in [7, 11) is 0. The first kappa shape index (κ1) is 21.5. The number of nitrogens with two attached hydrogens (primary N) is 1. The minimum atomic E-state index is -1.49. The normalized spacial score (nSPS) is 23.1. The second kappa shape index (κ2) is 7.91. The average molecular weight is 460 g/mol. The molecule has 11 heteroatoms. The molecule has 33 heavy (non-hydrogen) atoms. The van der Waals surface area contributed by atoms with Crippen molar-refractivity contribution in [1.29, 1.82) is 0 Å². The highest BCUT2D eigenvalue weighted by Crippen LogP contribution is 2.44. The monoisotopic (exact) mass is 460 g/mol. The summed E-state index contributed by atoms with van der Waals surface area (Å²) >= 11 is 0. The predicted molar refractivity (Wildman–Crippen MR) is 113 cm³/mol. The number of rotatable bonds is 3. The largest absolute Gasteiger partial charge is 0.391 e. The number of nitrogens with zero attached hydrogens (tertiary/aromatic N) is 5. The molecule has 5 rings (SSSR count). The number of anilines is 1. The Labute approximate surface area is 187 Å². The van der Waals surface area contributed by atoms with Crippen molar-refractivity contribution in [1.82, 2.24) is 19.5 Å². The molecule has 2 fully saturated rings. The van der Waals surface area contributed by atoms with Gasteiger partial charge in [0.05, 0.1) is 23.8 Å². The number of carbonyl (C=O) groups excluding carboxylic acids is 1. The number of β-amino-alcohol motifs (C(OH)–C–C–N with tert-alkyl or cyclic N) is 1. The molecule has 2 saturated heterocycles. The summed E-state index contributed by atoms with van der Waals surface area (Å²) in [5, 5.41) is 15.0. The lowest BCUT2D eigenvalue weighted by molar-refractivity contribution is 0.174. The van der Waals surface area contributed by atoms with Gasteiger partial charge < -0.3 is 20.6 Å². The fourth-order valence-corrected chi connectivity index (χ4v) is 5.13. The van der Waals surface area contributed by atoms with Gasteiger partial charge in [-0.05, 0) is 43.0 Å². The topological polar surface area (TPSA) is 100.0 Å². The van der Waals surface area contributed by atoms with Crippen LogP contribution in [0.5, 0.6) is 0 Å². The number of aliphatic hydroxyl groups is 1. The maximum absolute atomic E-state index is 14.4. The summed E-state index contributed by atoms with van der Waals surface area (Å²) < 4.78 is 43.8. The Hall–Kier alpha value is -3.34. The lowest BCUT2D eigenvalue weighted by atomic mass is 9.97. The minimum Gasteiger partial charge on any atom is -0.391 e. The number of halogens is 3. The van der Waals surface area contributed by atoms with Crippen LogP contribution in [-0.2, 0) is 0 Å². The van der Waals surface area contributed by atoms with Gasteiger partial charge in [-0.2, -0.15) is 0 Å². The van der Waals surface area contributed by atoms with E-state index in [0.29, 0.717) is 35.6 Å². The standard InChI is InChI=1S/C22H23F3N6O2/c1-11-13(9-14(23)19(25)18(11)24)15-4-2-6-29(15)21-17(20-27-5-3-7-31(20)28-21)16-8-12(32)10-30(16)22(26)33/h3,5,7,9,12,15-16,32H,2,4,6,8,10H2,1H3,(H2,26,33)/t12?,15-,16?/m1/s1. The molecule has 0 spiro atoms. The number of urea groups is 1. The molecule has 2 aliphatic heterocycles. The van der Waals surface area contributed by atoms with Gasteiger partial charge in [0.1, 0.15) is 0 Å². The summed E-state index contributed by atoms with van der Waals surface area (Å²) in [5.74, 6) is -3.44. The van der Waals surface area contributed by atoms with Crippen molar-refractivity contribution in [2.45, 2.75) is 44.4 Å². The number of aromatic nitrogens is 3. The third kappa shape index (κ3) is 3.38. The molecule has 1 aromatic carbocycles.